The van der Waals surface area contributed by atoms with Gasteiger partial charge in [-0.1, -0.05) is 22.0 Å². The predicted octanol–water partition coefficient (Wildman–Crippen LogP) is 2.42. The maximum absolute atomic E-state index is 8.72. The fourth-order valence-electron chi connectivity index (χ4n) is 1.29. The molecule has 0 N–H and O–H groups in total. The van der Waals surface area contributed by atoms with Gasteiger partial charge >= 0.3 is 0 Å². The lowest BCUT2D eigenvalue weighted by atomic mass is 10.1. The molecule has 0 aromatic heterocycles. The molecule has 1 atom stereocenters. The second-order valence-corrected chi connectivity index (χ2v) is 3.81. The van der Waals surface area contributed by atoms with E-state index in [0.717, 1.165) is 11.3 Å². The smallest absolute Gasteiger partial charge is 0.161 e. The molecule has 1 aromatic rings. The van der Waals surface area contributed by atoms with E-state index in [1.807, 2.05) is 18.2 Å². The van der Waals surface area contributed by atoms with E-state index in [-0.39, 0.29) is 4.83 Å². The lowest BCUT2D eigenvalue weighted by Gasteiger charge is -2.18. The van der Waals surface area contributed by atoms with Crippen molar-refractivity contribution in [2.45, 2.75) is 4.83 Å². The molecule has 4 heteroatoms. The summed E-state index contributed by atoms with van der Waals surface area (Å²) in [6.45, 7) is 1.15. The average Bonchev–Trinajstić information content (AvgIpc) is 2.27. The number of hydrogen-bond donors (Lipinski definition) is 0. The van der Waals surface area contributed by atoms with E-state index in [1.165, 1.54) is 0 Å². The van der Waals surface area contributed by atoms with Crippen molar-refractivity contribution in [1.82, 2.24) is 0 Å². The van der Waals surface area contributed by atoms with Gasteiger partial charge < -0.3 is 9.47 Å². The van der Waals surface area contributed by atoms with E-state index < -0.39 is 0 Å². The standard InChI is InChI=1S/C10H8BrNO2/c11-8(6-12)7-1-2-9-10(5-7)14-4-3-13-9/h1-2,5,8H,3-4H2. The van der Waals surface area contributed by atoms with Gasteiger partial charge in [0, 0.05) is 0 Å². The highest BCUT2D eigenvalue weighted by atomic mass is 79.9. The first kappa shape index (κ1) is 9.35. The number of halogens is 1. The molecule has 72 valence electrons. The fraction of sp³-hybridized carbons (Fsp3) is 0.300. The van der Waals surface area contributed by atoms with E-state index in [1.54, 1.807) is 0 Å². The van der Waals surface area contributed by atoms with Crippen LogP contribution in [0.15, 0.2) is 18.2 Å². The first-order chi connectivity index (χ1) is 6.81. The zero-order valence-corrected chi connectivity index (χ0v) is 8.95. The van der Waals surface area contributed by atoms with E-state index in [2.05, 4.69) is 22.0 Å². The second-order valence-electron chi connectivity index (χ2n) is 2.89. The molecule has 14 heavy (non-hydrogen) atoms. The van der Waals surface area contributed by atoms with Crippen LogP contribution in [0.5, 0.6) is 11.5 Å². The van der Waals surface area contributed by atoms with Gasteiger partial charge in [-0.05, 0) is 17.7 Å². The van der Waals surface area contributed by atoms with Gasteiger partial charge in [0.2, 0.25) is 0 Å². The summed E-state index contributed by atoms with van der Waals surface area (Å²) in [5.74, 6) is 1.46. The van der Waals surface area contributed by atoms with E-state index in [9.17, 15) is 0 Å². The molecule has 0 spiro atoms. The summed E-state index contributed by atoms with van der Waals surface area (Å²) in [5.41, 5.74) is 0.886. The third kappa shape index (κ3) is 1.68. The van der Waals surface area contributed by atoms with E-state index >= 15 is 0 Å². The summed E-state index contributed by atoms with van der Waals surface area (Å²) in [5, 5.41) is 8.72. The van der Waals surface area contributed by atoms with Gasteiger partial charge in [0.1, 0.15) is 18.0 Å². The Kier molecular flexibility index (Phi) is 2.60. The molecule has 1 aromatic carbocycles. The lowest BCUT2D eigenvalue weighted by molar-refractivity contribution is 0.171. The Balaban J connectivity index is 2.34. The SMILES string of the molecule is N#CC(Br)c1ccc2c(c1)OCCO2. The minimum atomic E-state index is -0.293. The van der Waals surface area contributed by atoms with Crippen LogP contribution >= 0.6 is 15.9 Å². The number of alkyl halides is 1. The van der Waals surface area contributed by atoms with Crippen molar-refractivity contribution in [2.24, 2.45) is 0 Å². The zero-order chi connectivity index (χ0) is 9.97. The molecule has 0 fully saturated rings. The van der Waals surface area contributed by atoms with Crippen LogP contribution < -0.4 is 9.47 Å². The summed E-state index contributed by atoms with van der Waals surface area (Å²) in [7, 11) is 0. The largest absolute Gasteiger partial charge is 0.486 e. The Hall–Kier alpha value is -1.21. The summed E-state index contributed by atoms with van der Waals surface area (Å²) in [4.78, 5) is -0.293. The van der Waals surface area contributed by atoms with Crippen LogP contribution in [0.25, 0.3) is 0 Å². The van der Waals surface area contributed by atoms with Gasteiger partial charge in [0.25, 0.3) is 0 Å². The summed E-state index contributed by atoms with van der Waals surface area (Å²) < 4.78 is 10.8. The summed E-state index contributed by atoms with van der Waals surface area (Å²) >= 11 is 3.26. The van der Waals surface area contributed by atoms with Crippen molar-refractivity contribution < 1.29 is 9.47 Å². The monoisotopic (exact) mass is 253 g/mol. The quantitative estimate of drug-likeness (QED) is 0.722. The van der Waals surface area contributed by atoms with E-state index in [4.69, 9.17) is 14.7 Å². The molecule has 1 heterocycles. The van der Waals surface area contributed by atoms with Gasteiger partial charge in [0.15, 0.2) is 11.5 Å². The molecule has 0 aliphatic carbocycles. The normalized spacial score (nSPS) is 15.7. The molecule has 0 saturated heterocycles. The van der Waals surface area contributed by atoms with Gasteiger partial charge in [-0.2, -0.15) is 5.26 Å². The van der Waals surface area contributed by atoms with E-state index in [0.29, 0.717) is 19.0 Å². The molecular formula is C10H8BrNO2. The van der Waals surface area contributed by atoms with Crippen LogP contribution in [-0.2, 0) is 0 Å². The number of rotatable bonds is 1. The predicted molar refractivity (Wildman–Crippen MR) is 54.7 cm³/mol. The second kappa shape index (κ2) is 3.89. The molecule has 1 aliphatic heterocycles. The minimum absolute atomic E-state index is 0.293. The topological polar surface area (TPSA) is 42.2 Å². The van der Waals surface area contributed by atoms with Gasteiger partial charge in [0.05, 0.1) is 6.07 Å². The molecule has 0 bridgehead atoms. The van der Waals surface area contributed by atoms with Gasteiger partial charge in [-0.25, -0.2) is 0 Å². The first-order valence-corrected chi connectivity index (χ1v) is 5.16. The molecule has 3 nitrogen and oxygen atoms in total. The highest BCUT2D eigenvalue weighted by Gasteiger charge is 2.14. The zero-order valence-electron chi connectivity index (χ0n) is 7.37. The molecule has 0 amide bonds. The average molecular weight is 254 g/mol. The maximum atomic E-state index is 8.72. The molecule has 0 radical (unpaired) electrons. The molecular weight excluding hydrogens is 246 g/mol. The maximum Gasteiger partial charge on any atom is 0.161 e. The Morgan fingerprint density at radius 2 is 2.00 bits per heavy atom. The Labute approximate surface area is 90.4 Å². The van der Waals surface area contributed by atoms with Crippen molar-refractivity contribution in [3.63, 3.8) is 0 Å². The lowest BCUT2D eigenvalue weighted by Crippen LogP contribution is -2.15. The Bertz CT molecular complexity index is 386. The number of nitrogens with zero attached hydrogens (tertiary/aromatic N) is 1. The third-order valence-electron chi connectivity index (χ3n) is 1.97. The number of ether oxygens (including phenoxy) is 2. The third-order valence-corrected chi connectivity index (χ3v) is 2.71. The highest BCUT2D eigenvalue weighted by molar-refractivity contribution is 9.09. The number of fused-ring (bicyclic) bond motifs is 1. The molecule has 2 rings (SSSR count). The van der Waals surface area contributed by atoms with Gasteiger partial charge in [-0.3, -0.25) is 0 Å². The number of benzene rings is 1. The number of nitriles is 1. The summed E-state index contributed by atoms with van der Waals surface area (Å²) in [6, 6.07) is 7.62. The van der Waals surface area contributed by atoms with Crippen molar-refractivity contribution in [3.05, 3.63) is 23.8 Å². The molecule has 1 aliphatic rings. The van der Waals surface area contributed by atoms with Crippen molar-refractivity contribution in [3.8, 4) is 17.6 Å². The Morgan fingerprint density at radius 3 is 2.71 bits per heavy atom. The molecule has 0 saturated carbocycles. The summed E-state index contributed by atoms with van der Waals surface area (Å²) in [6.07, 6.45) is 0. The van der Waals surface area contributed by atoms with Crippen LogP contribution in [-0.4, -0.2) is 13.2 Å². The molecule has 1 unspecified atom stereocenters. The van der Waals surface area contributed by atoms with Crippen LogP contribution in [0, 0.1) is 11.3 Å². The number of hydrogen-bond acceptors (Lipinski definition) is 3. The first-order valence-electron chi connectivity index (χ1n) is 4.24. The fourth-order valence-corrected chi connectivity index (χ4v) is 1.58. The Morgan fingerprint density at radius 1 is 1.29 bits per heavy atom. The highest BCUT2D eigenvalue weighted by Crippen LogP contribution is 2.34. The van der Waals surface area contributed by atoms with Crippen LogP contribution in [0.2, 0.25) is 0 Å². The van der Waals surface area contributed by atoms with Crippen molar-refractivity contribution in [2.75, 3.05) is 13.2 Å². The minimum Gasteiger partial charge on any atom is -0.486 e. The van der Waals surface area contributed by atoms with Crippen LogP contribution in [0.1, 0.15) is 10.4 Å². The van der Waals surface area contributed by atoms with Crippen LogP contribution in [0.4, 0.5) is 0 Å². The van der Waals surface area contributed by atoms with Crippen molar-refractivity contribution in [1.29, 1.82) is 5.26 Å². The van der Waals surface area contributed by atoms with Crippen molar-refractivity contribution >= 4 is 15.9 Å². The van der Waals surface area contributed by atoms with Crippen LogP contribution in [0.3, 0.4) is 0 Å². The van der Waals surface area contributed by atoms with Gasteiger partial charge in [-0.15, -0.1) is 0 Å².